The zero-order valence-corrected chi connectivity index (χ0v) is 12.9. The van der Waals surface area contributed by atoms with E-state index in [1.54, 1.807) is 0 Å². The lowest BCUT2D eigenvalue weighted by Crippen LogP contribution is -2.41. The molecule has 1 aliphatic heterocycles. The van der Waals surface area contributed by atoms with Gasteiger partial charge in [0.15, 0.2) is 0 Å². The maximum absolute atomic E-state index is 11.5. The Morgan fingerprint density at radius 2 is 2.05 bits per heavy atom. The highest BCUT2D eigenvalue weighted by Crippen LogP contribution is 2.31. The number of nitrogens with zero attached hydrogens (tertiary/aromatic N) is 1. The van der Waals surface area contributed by atoms with E-state index in [4.69, 9.17) is 5.14 Å². The Morgan fingerprint density at radius 1 is 1.38 bits per heavy atom. The number of anilines is 1. The third-order valence-corrected chi connectivity index (χ3v) is 4.89. The van der Waals surface area contributed by atoms with Gasteiger partial charge in [0.1, 0.15) is 0 Å². The molecule has 1 saturated heterocycles. The molecule has 0 spiro atoms. The predicted molar refractivity (Wildman–Crippen MR) is 80.0 cm³/mol. The Kier molecular flexibility index (Phi) is 4.25. The molecule has 7 heteroatoms. The maximum Gasteiger partial charge on any atom is 0.337 e. The van der Waals surface area contributed by atoms with Gasteiger partial charge in [0.05, 0.1) is 16.1 Å². The number of carboxylic acid groups (broad SMARTS) is 1. The number of piperidine rings is 1. The third kappa shape index (κ3) is 3.36. The summed E-state index contributed by atoms with van der Waals surface area (Å²) < 4.78 is 22.7. The van der Waals surface area contributed by atoms with Gasteiger partial charge in [-0.1, -0.05) is 6.92 Å². The molecule has 6 nitrogen and oxygen atoms in total. The van der Waals surface area contributed by atoms with Crippen LogP contribution in [0.15, 0.2) is 23.1 Å². The molecule has 0 aromatic heterocycles. The normalized spacial score (nSPS) is 23.1. The van der Waals surface area contributed by atoms with Gasteiger partial charge in [-0.25, -0.2) is 18.4 Å². The maximum atomic E-state index is 11.5. The molecule has 2 rings (SSSR count). The Balaban J connectivity index is 2.47. The first-order chi connectivity index (χ1) is 9.70. The highest BCUT2D eigenvalue weighted by molar-refractivity contribution is 7.89. The van der Waals surface area contributed by atoms with Crippen molar-refractivity contribution in [3.63, 3.8) is 0 Å². The Hall–Kier alpha value is -1.60. The smallest absolute Gasteiger partial charge is 0.337 e. The van der Waals surface area contributed by atoms with Gasteiger partial charge in [0.25, 0.3) is 0 Å². The van der Waals surface area contributed by atoms with E-state index in [9.17, 15) is 18.3 Å². The van der Waals surface area contributed by atoms with E-state index in [0.29, 0.717) is 11.6 Å². The van der Waals surface area contributed by atoms with Gasteiger partial charge in [-0.05, 0) is 43.9 Å². The fourth-order valence-electron chi connectivity index (χ4n) is 2.88. The molecule has 0 bridgehead atoms. The zero-order chi connectivity index (χ0) is 15.8. The average Bonchev–Trinajstić information content (AvgIpc) is 2.37. The minimum absolute atomic E-state index is 0.0251. The Morgan fingerprint density at radius 3 is 2.57 bits per heavy atom. The lowest BCUT2D eigenvalue weighted by Gasteiger charge is -2.39. The van der Waals surface area contributed by atoms with Gasteiger partial charge in [0, 0.05) is 12.6 Å². The van der Waals surface area contributed by atoms with E-state index in [1.165, 1.54) is 12.1 Å². The van der Waals surface area contributed by atoms with Crippen molar-refractivity contribution in [3.05, 3.63) is 23.8 Å². The van der Waals surface area contributed by atoms with Crippen molar-refractivity contribution in [1.29, 1.82) is 0 Å². The van der Waals surface area contributed by atoms with E-state index in [-0.39, 0.29) is 16.5 Å². The molecule has 21 heavy (non-hydrogen) atoms. The molecule has 0 aliphatic carbocycles. The Bertz CT molecular complexity index is 657. The highest BCUT2D eigenvalue weighted by atomic mass is 32.2. The van der Waals surface area contributed by atoms with E-state index in [1.807, 2.05) is 4.90 Å². The van der Waals surface area contributed by atoms with Crippen LogP contribution in [0.3, 0.4) is 0 Å². The molecule has 0 saturated carbocycles. The largest absolute Gasteiger partial charge is 0.478 e. The van der Waals surface area contributed by atoms with Gasteiger partial charge < -0.3 is 10.0 Å². The quantitative estimate of drug-likeness (QED) is 0.884. The second kappa shape index (κ2) is 5.65. The summed E-state index contributed by atoms with van der Waals surface area (Å²) in [5.74, 6) is -0.547. The van der Waals surface area contributed by atoms with Crippen LogP contribution in [0.4, 0.5) is 5.69 Å². The van der Waals surface area contributed by atoms with Crippen molar-refractivity contribution in [2.24, 2.45) is 11.1 Å². The molecule has 1 aromatic carbocycles. The van der Waals surface area contributed by atoms with Crippen LogP contribution >= 0.6 is 0 Å². The SMILES string of the molecule is CC1CCN(c2ccc(S(N)(=O)=O)cc2C(=O)O)C(C)C1. The minimum atomic E-state index is -3.91. The standard InChI is InChI=1S/C14H20N2O4S/c1-9-5-6-16(10(2)7-9)13-4-3-11(21(15,19)20)8-12(13)14(17)18/h3-4,8-10H,5-7H2,1-2H3,(H,17,18)(H2,15,19,20). The molecule has 2 unspecified atom stereocenters. The van der Waals surface area contributed by atoms with Gasteiger partial charge in [0.2, 0.25) is 10.0 Å². The first-order valence-electron chi connectivity index (χ1n) is 6.87. The summed E-state index contributed by atoms with van der Waals surface area (Å²) in [4.78, 5) is 13.3. The lowest BCUT2D eigenvalue weighted by molar-refractivity contribution is 0.0697. The topological polar surface area (TPSA) is 101 Å². The molecule has 3 N–H and O–H groups in total. The molecule has 116 valence electrons. The second-order valence-electron chi connectivity index (χ2n) is 5.70. The molecule has 0 amide bonds. The van der Waals surface area contributed by atoms with Crippen molar-refractivity contribution in [2.75, 3.05) is 11.4 Å². The number of hydrogen-bond donors (Lipinski definition) is 2. The van der Waals surface area contributed by atoms with Crippen molar-refractivity contribution in [1.82, 2.24) is 0 Å². The molecule has 1 fully saturated rings. The number of aromatic carboxylic acids is 1. The van der Waals surface area contributed by atoms with Crippen molar-refractivity contribution < 1.29 is 18.3 Å². The molecule has 1 heterocycles. The van der Waals surface area contributed by atoms with E-state index in [0.717, 1.165) is 25.5 Å². The second-order valence-corrected chi connectivity index (χ2v) is 7.26. The summed E-state index contributed by atoms with van der Waals surface area (Å²) in [7, 11) is -3.91. The van der Waals surface area contributed by atoms with Gasteiger partial charge in [-0.3, -0.25) is 0 Å². The summed E-state index contributed by atoms with van der Waals surface area (Å²) >= 11 is 0. The van der Waals surface area contributed by atoms with Crippen LogP contribution < -0.4 is 10.0 Å². The number of nitrogens with two attached hydrogens (primary N) is 1. The molecular weight excluding hydrogens is 292 g/mol. The first-order valence-corrected chi connectivity index (χ1v) is 8.41. The number of primary sulfonamides is 1. The molecular formula is C14H20N2O4S. The molecule has 2 atom stereocenters. The minimum Gasteiger partial charge on any atom is -0.478 e. The van der Waals surface area contributed by atoms with Crippen LogP contribution in [0.5, 0.6) is 0 Å². The summed E-state index contributed by atoms with van der Waals surface area (Å²) in [6.45, 7) is 4.99. The van der Waals surface area contributed by atoms with E-state index in [2.05, 4.69) is 13.8 Å². The highest BCUT2D eigenvalue weighted by Gasteiger charge is 2.27. The predicted octanol–water partition coefficient (Wildman–Crippen LogP) is 1.66. The van der Waals surface area contributed by atoms with Crippen LogP contribution in [0.2, 0.25) is 0 Å². The molecule has 1 aromatic rings. The summed E-state index contributed by atoms with van der Waals surface area (Å²) in [6.07, 6.45) is 1.97. The number of sulfonamides is 1. The monoisotopic (exact) mass is 312 g/mol. The van der Waals surface area contributed by atoms with Crippen molar-refractivity contribution >= 4 is 21.7 Å². The van der Waals surface area contributed by atoms with Gasteiger partial charge in [-0.15, -0.1) is 0 Å². The van der Waals surface area contributed by atoms with Gasteiger partial charge >= 0.3 is 5.97 Å². The lowest BCUT2D eigenvalue weighted by atomic mass is 9.92. The Labute approximate surface area is 124 Å². The van der Waals surface area contributed by atoms with Crippen molar-refractivity contribution in [2.45, 2.75) is 37.6 Å². The number of hydrogen-bond acceptors (Lipinski definition) is 4. The van der Waals surface area contributed by atoms with Crippen molar-refractivity contribution in [3.8, 4) is 0 Å². The average molecular weight is 312 g/mol. The van der Waals surface area contributed by atoms with Crippen LogP contribution in [-0.4, -0.2) is 32.1 Å². The summed E-state index contributed by atoms with van der Waals surface area (Å²) in [5, 5.41) is 14.4. The van der Waals surface area contributed by atoms with Crippen LogP contribution in [0, 0.1) is 5.92 Å². The number of carbonyl (C=O) groups is 1. The van der Waals surface area contributed by atoms with Crippen LogP contribution in [-0.2, 0) is 10.0 Å². The fourth-order valence-corrected chi connectivity index (χ4v) is 3.42. The van der Waals surface area contributed by atoms with E-state index < -0.39 is 16.0 Å². The molecule has 1 aliphatic rings. The van der Waals surface area contributed by atoms with Crippen LogP contribution in [0.25, 0.3) is 0 Å². The first kappa shape index (κ1) is 15.8. The number of carboxylic acids is 1. The number of rotatable bonds is 3. The third-order valence-electron chi connectivity index (χ3n) is 3.97. The molecule has 0 radical (unpaired) electrons. The van der Waals surface area contributed by atoms with Gasteiger partial charge in [-0.2, -0.15) is 0 Å². The zero-order valence-electron chi connectivity index (χ0n) is 12.1. The number of benzene rings is 1. The summed E-state index contributed by atoms with van der Waals surface area (Å²) in [6, 6.07) is 4.25. The fraction of sp³-hybridized carbons (Fsp3) is 0.500. The van der Waals surface area contributed by atoms with Crippen LogP contribution in [0.1, 0.15) is 37.0 Å². The summed E-state index contributed by atoms with van der Waals surface area (Å²) in [5.41, 5.74) is 0.525. The van der Waals surface area contributed by atoms with E-state index >= 15 is 0 Å².